The number of nitrogens with two attached hydrogens (primary N) is 1. The maximum atomic E-state index is 10.8. The highest BCUT2D eigenvalue weighted by atomic mass is 35.5. The number of hydrogen-bond donors (Lipinski definition) is 2. The first kappa shape index (κ1) is 11.0. The highest BCUT2D eigenvalue weighted by Crippen LogP contribution is 2.42. The van der Waals surface area contributed by atoms with Crippen LogP contribution in [-0.4, -0.2) is 17.9 Å². The summed E-state index contributed by atoms with van der Waals surface area (Å²) in [4.78, 5) is 10.8. The lowest BCUT2D eigenvalue weighted by molar-refractivity contribution is -0.138. The predicted octanol–water partition coefficient (Wildman–Crippen LogP) is 1.46. The second kappa shape index (κ2) is 3.84. The smallest absolute Gasteiger partial charge is 0.325 e. The van der Waals surface area contributed by atoms with E-state index in [1.807, 2.05) is 0 Å². The van der Waals surface area contributed by atoms with Crippen LogP contribution < -0.4 is 15.2 Å². The molecule has 6 heteroatoms. The first-order valence-electron chi connectivity index (χ1n) is 4.59. The fourth-order valence-corrected chi connectivity index (χ4v) is 2.05. The van der Waals surface area contributed by atoms with Gasteiger partial charge >= 0.3 is 5.97 Å². The lowest BCUT2D eigenvalue weighted by Crippen LogP contribution is -2.22. The molecule has 1 aliphatic heterocycles. The molecular formula is C10H10ClNO4. The van der Waals surface area contributed by atoms with Crippen LogP contribution in [0, 0.1) is 6.92 Å². The first-order valence-corrected chi connectivity index (χ1v) is 4.97. The zero-order valence-electron chi connectivity index (χ0n) is 8.49. The van der Waals surface area contributed by atoms with Gasteiger partial charge in [0.15, 0.2) is 11.5 Å². The quantitative estimate of drug-likeness (QED) is 0.822. The molecule has 0 saturated carbocycles. The summed E-state index contributed by atoms with van der Waals surface area (Å²) in [6.07, 6.45) is 0. The third-order valence-electron chi connectivity index (χ3n) is 2.48. The van der Waals surface area contributed by atoms with Gasteiger partial charge in [0.1, 0.15) is 6.04 Å². The molecule has 1 aromatic carbocycles. The monoisotopic (exact) mass is 243 g/mol. The van der Waals surface area contributed by atoms with Crippen molar-refractivity contribution in [2.24, 2.45) is 5.73 Å². The van der Waals surface area contributed by atoms with Gasteiger partial charge in [-0.15, -0.1) is 0 Å². The Kier molecular flexibility index (Phi) is 2.65. The van der Waals surface area contributed by atoms with Gasteiger partial charge in [-0.25, -0.2) is 0 Å². The number of halogens is 1. The molecule has 0 aliphatic carbocycles. The van der Waals surface area contributed by atoms with Crippen molar-refractivity contribution in [3.63, 3.8) is 0 Å². The molecule has 2 rings (SSSR count). The van der Waals surface area contributed by atoms with E-state index in [1.54, 1.807) is 6.92 Å². The van der Waals surface area contributed by atoms with E-state index < -0.39 is 12.0 Å². The van der Waals surface area contributed by atoms with Crippen molar-refractivity contribution < 1.29 is 19.4 Å². The second-order valence-corrected chi connectivity index (χ2v) is 3.85. The van der Waals surface area contributed by atoms with Crippen molar-refractivity contribution in [1.29, 1.82) is 0 Å². The standard InChI is InChI=1S/C10H10ClNO4/c1-4-7(8(12)10(13)14)5(11)2-6-9(4)16-3-15-6/h2,8H,3,12H2,1H3,(H,13,14). The number of carboxylic acid groups (broad SMARTS) is 1. The van der Waals surface area contributed by atoms with E-state index in [0.29, 0.717) is 22.6 Å². The van der Waals surface area contributed by atoms with E-state index >= 15 is 0 Å². The molecule has 16 heavy (non-hydrogen) atoms. The van der Waals surface area contributed by atoms with Crippen LogP contribution in [0.5, 0.6) is 11.5 Å². The lowest BCUT2D eigenvalue weighted by Gasteiger charge is -2.14. The van der Waals surface area contributed by atoms with E-state index in [0.717, 1.165) is 0 Å². The Morgan fingerprint density at radius 3 is 2.94 bits per heavy atom. The molecule has 0 saturated heterocycles. The van der Waals surface area contributed by atoms with E-state index in [2.05, 4.69) is 0 Å². The van der Waals surface area contributed by atoms with Crippen molar-refractivity contribution in [3.8, 4) is 11.5 Å². The normalized spacial score (nSPS) is 14.9. The van der Waals surface area contributed by atoms with Gasteiger partial charge in [0.05, 0.1) is 5.02 Å². The Bertz CT molecular complexity index is 461. The third-order valence-corrected chi connectivity index (χ3v) is 2.79. The van der Waals surface area contributed by atoms with Crippen LogP contribution in [0.15, 0.2) is 6.07 Å². The molecule has 0 radical (unpaired) electrons. The van der Waals surface area contributed by atoms with Gasteiger partial charge in [-0.1, -0.05) is 11.6 Å². The second-order valence-electron chi connectivity index (χ2n) is 3.45. The number of hydrogen-bond acceptors (Lipinski definition) is 4. The van der Waals surface area contributed by atoms with Gasteiger partial charge in [0.25, 0.3) is 0 Å². The Hall–Kier alpha value is -1.46. The van der Waals surface area contributed by atoms with Crippen LogP contribution in [-0.2, 0) is 4.79 Å². The number of ether oxygens (including phenoxy) is 2. The largest absolute Gasteiger partial charge is 0.480 e. The van der Waals surface area contributed by atoms with Crippen LogP contribution >= 0.6 is 11.6 Å². The number of fused-ring (bicyclic) bond motifs is 1. The first-order chi connectivity index (χ1) is 7.52. The summed E-state index contributed by atoms with van der Waals surface area (Å²) in [7, 11) is 0. The summed E-state index contributed by atoms with van der Waals surface area (Å²) in [6.45, 7) is 1.82. The van der Waals surface area contributed by atoms with E-state index in [9.17, 15) is 4.79 Å². The Balaban J connectivity index is 2.58. The van der Waals surface area contributed by atoms with E-state index in [-0.39, 0.29) is 11.8 Å². The fourth-order valence-electron chi connectivity index (χ4n) is 1.69. The summed E-state index contributed by atoms with van der Waals surface area (Å²) >= 11 is 5.97. The Morgan fingerprint density at radius 2 is 2.31 bits per heavy atom. The number of rotatable bonds is 2. The zero-order valence-corrected chi connectivity index (χ0v) is 9.25. The van der Waals surface area contributed by atoms with Gasteiger partial charge in [-0.05, 0) is 6.92 Å². The molecule has 0 amide bonds. The van der Waals surface area contributed by atoms with Crippen LogP contribution in [0.3, 0.4) is 0 Å². The lowest BCUT2D eigenvalue weighted by atomic mass is 10.0. The van der Waals surface area contributed by atoms with Crippen molar-refractivity contribution in [2.45, 2.75) is 13.0 Å². The van der Waals surface area contributed by atoms with Crippen molar-refractivity contribution >= 4 is 17.6 Å². The number of aliphatic carboxylic acids is 1. The van der Waals surface area contributed by atoms with Gasteiger partial charge < -0.3 is 20.3 Å². The molecule has 0 fully saturated rings. The molecule has 1 aromatic rings. The predicted molar refractivity (Wildman–Crippen MR) is 56.9 cm³/mol. The molecule has 1 aliphatic rings. The SMILES string of the molecule is Cc1c2c(cc(Cl)c1C(N)C(=O)O)OCO2. The molecular weight excluding hydrogens is 234 g/mol. The molecule has 5 nitrogen and oxygen atoms in total. The van der Waals surface area contributed by atoms with E-state index in [1.165, 1.54) is 6.07 Å². The van der Waals surface area contributed by atoms with Crippen LogP contribution in [0.25, 0.3) is 0 Å². The maximum absolute atomic E-state index is 10.8. The summed E-state index contributed by atoms with van der Waals surface area (Å²) in [5.74, 6) is -0.108. The van der Waals surface area contributed by atoms with Crippen LogP contribution in [0.1, 0.15) is 17.2 Å². The summed E-state index contributed by atoms with van der Waals surface area (Å²) < 4.78 is 10.4. The van der Waals surface area contributed by atoms with Crippen molar-refractivity contribution in [2.75, 3.05) is 6.79 Å². The highest BCUT2D eigenvalue weighted by molar-refractivity contribution is 6.32. The molecule has 1 atom stereocenters. The third kappa shape index (κ3) is 1.58. The number of carbonyl (C=O) groups is 1. The van der Waals surface area contributed by atoms with Crippen LogP contribution in [0.2, 0.25) is 5.02 Å². The average molecular weight is 244 g/mol. The molecule has 3 N–H and O–H groups in total. The van der Waals surface area contributed by atoms with Gasteiger partial charge in [0.2, 0.25) is 6.79 Å². The van der Waals surface area contributed by atoms with Crippen molar-refractivity contribution in [1.82, 2.24) is 0 Å². The fraction of sp³-hybridized carbons (Fsp3) is 0.300. The minimum atomic E-state index is -1.16. The highest BCUT2D eigenvalue weighted by Gasteiger charge is 2.27. The summed E-state index contributed by atoms with van der Waals surface area (Å²) in [6, 6.07) is 0.358. The molecule has 1 unspecified atom stereocenters. The minimum Gasteiger partial charge on any atom is -0.480 e. The number of benzene rings is 1. The molecule has 0 aromatic heterocycles. The van der Waals surface area contributed by atoms with Crippen LogP contribution in [0.4, 0.5) is 0 Å². The Morgan fingerprint density at radius 1 is 1.62 bits per heavy atom. The average Bonchev–Trinajstić information content (AvgIpc) is 2.65. The molecule has 86 valence electrons. The van der Waals surface area contributed by atoms with Gasteiger partial charge in [0, 0.05) is 17.2 Å². The van der Waals surface area contributed by atoms with E-state index in [4.69, 9.17) is 31.9 Å². The molecule has 0 bridgehead atoms. The van der Waals surface area contributed by atoms with Crippen molar-refractivity contribution in [3.05, 3.63) is 22.2 Å². The van der Waals surface area contributed by atoms with Gasteiger partial charge in [-0.2, -0.15) is 0 Å². The summed E-state index contributed by atoms with van der Waals surface area (Å²) in [5, 5.41) is 9.15. The van der Waals surface area contributed by atoms with Gasteiger partial charge in [-0.3, -0.25) is 4.79 Å². The molecule has 1 heterocycles. The maximum Gasteiger partial charge on any atom is 0.325 e. The Labute approximate surface area is 96.7 Å². The zero-order chi connectivity index (χ0) is 11.9. The summed E-state index contributed by atoms with van der Waals surface area (Å²) in [5.41, 5.74) is 6.52. The molecule has 0 spiro atoms. The topological polar surface area (TPSA) is 81.8 Å². The number of carboxylic acids is 1. The minimum absolute atomic E-state index is 0.109.